The van der Waals surface area contributed by atoms with E-state index in [1.54, 1.807) is 13.0 Å². The fourth-order valence-electron chi connectivity index (χ4n) is 2.09. The van der Waals surface area contributed by atoms with Crippen LogP contribution in [0, 0.1) is 24.4 Å². The monoisotopic (exact) mass is 310 g/mol. The van der Waals surface area contributed by atoms with E-state index in [9.17, 15) is 13.2 Å². The fraction of sp³-hybridized carbons (Fsp3) is 0.333. The Morgan fingerprint density at radius 2 is 1.73 bits per heavy atom. The number of aromatic nitrogens is 2. The van der Waals surface area contributed by atoms with E-state index in [0.29, 0.717) is 17.5 Å². The molecule has 118 valence electrons. The summed E-state index contributed by atoms with van der Waals surface area (Å²) in [5, 5.41) is 2.67. The van der Waals surface area contributed by atoms with Crippen LogP contribution in [0.25, 0.3) is 0 Å². The minimum Gasteiger partial charge on any atom is -0.357 e. The van der Waals surface area contributed by atoms with Gasteiger partial charge < -0.3 is 10.2 Å². The molecule has 0 amide bonds. The van der Waals surface area contributed by atoms with Gasteiger partial charge in [0.15, 0.2) is 17.5 Å². The van der Waals surface area contributed by atoms with Crippen molar-refractivity contribution in [1.29, 1.82) is 0 Å². The zero-order chi connectivity index (χ0) is 16.3. The molecule has 4 nitrogen and oxygen atoms in total. The first kappa shape index (κ1) is 16.1. The van der Waals surface area contributed by atoms with Crippen molar-refractivity contribution in [2.24, 2.45) is 0 Å². The number of nitrogens with one attached hydrogen (secondary N) is 1. The normalized spacial score (nSPS) is 10.6. The highest BCUT2D eigenvalue weighted by molar-refractivity contribution is 5.60. The van der Waals surface area contributed by atoms with Crippen molar-refractivity contribution in [2.45, 2.75) is 20.8 Å². The molecule has 1 aromatic carbocycles. The van der Waals surface area contributed by atoms with Crippen LogP contribution >= 0.6 is 0 Å². The van der Waals surface area contributed by atoms with Crippen LogP contribution in [0.5, 0.6) is 0 Å². The average Bonchev–Trinajstić information content (AvgIpc) is 2.49. The maximum absolute atomic E-state index is 13.7. The molecular weight excluding hydrogens is 293 g/mol. The second kappa shape index (κ2) is 6.64. The molecule has 0 spiro atoms. The van der Waals surface area contributed by atoms with Gasteiger partial charge in [0.25, 0.3) is 0 Å². The van der Waals surface area contributed by atoms with E-state index in [2.05, 4.69) is 15.3 Å². The van der Waals surface area contributed by atoms with Crippen molar-refractivity contribution in [1.82, 2.24) is 9.97 Å². The molecule has 0 bridgehead atoms. The van der Waals surface area contributed by atoms with Gasteiger partial charge in [-0.05, 0) is 32.9 Å². The summed E-state index contributed by atoms with van der Waals surface area (Å²) >= 11 is 0. The Labute approximate surface area is 127 Å². The van der Waals surface area contributed by atoms with Gasteiger partial charge in [0.1, 0.15) is 17.5 Å². The van der Waals surface area contributed by atoms with Crippen molar-refractivity contribution in [2.75, 3.05) is 23.3 Å². The molecule has 1 N–H and O–H groups in total. The van der Waals surface area contributed by atoms with E-state index in [1.807, 2.05) is 18.7 Å². The van der Waals surface area contributed by atoms with Crippen LogP contribution in [0.3, 0.4) is 0 Å². The van der Waals surface area contributed by atoms with Crippen LogP contribution in [0.1, 0.15) is 19.7 Å². The highest BCUT2D eigenvalue weighted by Gasteiger charge is 2.15. The zero-order valence-electron chi connectivity index (χ0n) is 12.6. The number of hydrogen-bond acceptors (Lipinski definition) is 4. The van der Waals surface area contributed by atoms with E-state index in [4.69, 9.17) is 0 Å². The van der Waals surface area contributed by atoms with Gasteiger partial charge in [-0.25, -0.2) is 23.1 Å². The van der Waals surface area contributed by atoms with Gasteiger partial charge in [-0.2, -0.15) is 0 Å². The largest absolute Gasteiger partial charge is 0.357 e. The van der Waals surface area contributed by atoms with Crippen LogP contribution < -0.4 is 10.2 Å². The predicted octanol–water partition coefficient (Wildman–Crippen LogP) is 3.79. The quantitative estimate of drug-likeness (QED) is 0.853. The Morgan fingerprint density at radius 1 is 1.05 bits per heavy atom. The second-order valence-electron chi connectivity index (χ2n) is 4.68. The van der Waals surface area contributed by atoms with E-state index in [1.165, 1.54) is 0 Å². The van der Waals surface area contributed by atoms with Gasteiger partial charge in [0.2, 0.25) is 0 Å². The predicted molar refractivity (Wildman–Crippen MR) is 79.9 cm³/mol. The summed E-state index contributed by atoms with van der Waals surface area (Å²) in [4.78, 5) is 10.5. The molecule has 0 radical (unpaired) electrons. The number of halogens is 3. The van der Waals surface area contributed by atoms with Crippen LogP contribution in [0.15, 0.2) is 18.2 Å². The van der Waals surface area contributed by atoms with E-state index >= 15 is 0 Å². The Balaban J connectivity index is 2.36. The first-order valence-corrected chi connectivity index (χ1v) is 6.97. The summed E-state index contributed by atoms with van der Waals surface area (Å²) in [5.74, 6) is -2.52. The number of hydrogen-bond donors (Lipinski definition) is 1. The molecule has 0 unspecified atom stereocenters. The molecule has 22 heavy (non-hydrogen) atoms. The molecule has 0 aliphatic heterocycles. The number of nitrogens with zero attached hydrogens (tertiary/aromatic N) is 3. The van der Waals surface area contributed by atoms with Crippen molar-refractivity contribution in [3.05, 3.63) is 41.5 Å². The molecule has 0 atom stereocenters. The van der Waals surface area contributed by atoms with Gasteiger partial charge in [-0.1, -0.05) is 0 Å². The molecule has 0 fully saturated rings. The summed E-state index contributed by atoms with van der Waals surface area (Å²) in [7, 11) is 0. The third kappa shape index (κ3) is 3.29. The number of anilines is 3. The lowest BCUT2D eigenvalue weighted by molar-refractivity contribution is 0.449. The van der Waals surface area contributed by atoms with Crippen molar-refractivity contribution < 1.29 is 13.2 Å². The Bertz CT molecular complexity index is 672. The molecule has 0 saturated carbocycles. The molecular formula is C15H17F3N4. The summed E-state index contributed by atoms with van der Waals surface area (Å²) in [6.07, 6.45) is 0. The molecule has 1 aromatic heterocycles. The third-order valence-electron chi connectivity index (χ3n) is 3.21. The molecule has 1 heterocycles. The standard InChI is InChI=1S/C15H17F3N4/c1-4-22(5-2)13-8-12(19-9(3)20-13)21-11-7-6-10(16)14(17)15(11)18/h6-8H,4-5H2,1-3H3,(H,19,20,21). The molecule has 2 rings (SSSR count). The second-order valence-corrected chi connectivity index (χ2v) is 4.68. The molecule has 0 aliphatic rings. The van der Waals surface area contributed by atoms with Gasteiger partial charge in [-0.3, -0.25) is 0 Å². The minimum atomic E-state index is -1.51. The van der Waals surface area contributed by atoms with Gasteiger partial charge in [0, 0.05) is 19.2 Å². The summed E-state index contributed by atoms with van der Waals surface area (Å²) < 4.78 is 39.9. The Kier molecular flexibility index (Phi) is 4.85. The zero-order valence-corrected chi connectivity index (χ0v) is 12.6. The lowest BCUT2D eigenvalue weighted by Gasteiger charge is -2.20. The molecule has 0 saturated heterocycles. The summed E-state index contributed by atoms with van der Waals surface area (Å²) in [6.45, 7) is 7.20. The Morgan fingerprint density at radius 3 is 2.36 bits per heavy atom. The van der Waals surface area contributed by atoms with Crippen molar-refractivity contribution in [3.63, 3.8) is 0 Å². The van der Waals surface area contributed by atoms with Crippen molar-refractivity contribution in [3.8, 4) is 0 Å². The average molecular weight is 310 g/mol. The summed E-state index contributed by atoms with van der Waals surface area (Å²) in [5.41, 5.74) is -0.178. The topological polar surface area (TPSA) is 41.0 Å². The smallest absolute Gasteiger partial charge is 0.196 e. The molecule has 0 aliphatic carbocycles. The lowest BCUT2D eigenvalue weighted by Crippen LogP contribution is -2.23. The molecule has 7 heteroatoms. The van der Waals surface area contributed by atoms with Crippen molar-refractivity contribution >= 4 is 17.3 Å². The SMILES string of the molecule is CCN(CC)c1cc(Nc2ccc(F)c(F)c2F)nc(C)n1. The van der Waals surface area contributed by atoms with Gasteiger partial charge in [0.05, 0.1) is 5.69 Å². The fourth-order valence-corrected chi connectivity index (χ4v) is 2.09. The first-order chi connectivity index (χ1) is 10.5. The maximum Gasteiger partial charge on any atom is 0.196 e. The lowest BCUT2D eigenvalue weighted by atomic mass is 10.2. The maximum atomic E-state index is 13.7. The number of rotatable bonds is 5. The molecule has 2 aromatic rings. The highest BCUT2D eigenvalue weighted by Crippen LogP contribution is 2.24. The number of benzene rings is 1. The van der Waals surface area contributed by atoms with E-state index in [0.717, 1.165) is 25.2 Å². The third-order valence-corrected chi connectivity index (χ3v) is 3.21. The van der Waals surface area contributed by atoms with E-state index < -0.39 is 17.5 Å². The van der Waals surface area contributed by atoms with Crippen LogP contribution in [-0.4, -0.2) is 23.1 Å². The van der Waals surface area contributed by atoms with E-state index in [-0.39, 0.29) is 5.69 Å². The first-order valence-electron chi connectivity index (χ1n) is 6.97. The Hall–Kier alpha value is -2.31. The van der Waals surface area contributed by atoms with Gasteiger partial charge in [-0.15, -0.1) is 0 Å². The van der Waals surface area contributed by atoms with Crippen LogP contribution in [-0.2, 0) is 0 Å². The van der Waals surface area contributed by atoms with Gasteiger partial charge >= 0.3 is 0 Å². The minimum absolute atomic E-state index is 0.178. The van der Waals surface area contributed by atoms with Crippen LogP contribution in [0.4, 0.5) is 30.5 Å². The summed E-state index contributed by atoms with van der Waals surface area (Å²) in [6, 6.07) is 3.63. The number of aryl methyl sites for hydroxylation is 1. The highest BCUT2D eigenvalue weighted by atomic mass is 19.2. The van der Waals surface area contributed by atoms with Crippen LogP contribution in [0.2, 0.25) is 0 Å².